The second-order valence-electron chi connectivity index (χ2n) is 5.77. The minimum Gasteiger partial charge on any atom is -0.339 e. The maximum atomic E-state index is 9.63. The fraction of sp³-hybridized carbons (Fsp3) is 0.0500. The highest BCUT2D eigenvalue weighted by atomic mass is 35.5. The average Bonchev–Trinajstić information content (AvgIpc) is 3.04. The number of hydrogen-bond donors (Lipinski definition) is 1. The highest BCUT2D eigenvalue weighted by Crippen LogP contribution is 2.41. The quantitative estimate of drug-likeness (QED) is 0.481. The number of benzene rings is 2. The molecule has 4 nitrogen and oxygen atoms in total. The number of aryl methyl sites for hydroxylation is 1. The Hall–Kier alpha value is -2.94. The average molecular weight is 377 g/mol. The van der Waals surface area contributed by atoms with E-state index < -0.39 is 0 Å². The summed E-state index contributed by atoms with van der Waals surface area (Å²) >= 11 is 7.39. The minimum absolute atomic E-state index is 0.607. The van der Waals surface area contributed by atoms with Gasteiger partial charge < -0.3 is 5.32 Å². The van der Waals surface area contributed by atoms with Crippen molar-refractivity contribution in [3.05, 3.63) is 70.3 Å². The molecule has 26 heavy (non-hydrogen) atoms. The summed E-state index contributed by atoms with van der Waals surface area (Å²) in [6.45, 7) is 2.04. The van der Waals surface area contributed by atoms with Gasteiger partial charge >= 0.3 is 0 Å². The number of thiophene rings is 1. The van der Waals surface area contributed by atoms with E-state index in [1.54, 1.807) is 0 Å². The van der Waals surface area contributed by atoms with Crippen LogP contribution in [0, 0.1) is 18.3 Å². The van der Waals surface area contributed by atoms with Crippen LogP contribution >= 0.6 is 22.9 Å². The number of rotatable bonds is 3. The summed E-state index contributed by atoms with van der Waals surface area (Å²) in [7, 11) is 0. The van der Waals surface area contributed by atoms with Crippen molar-refractivity contribution in [2.75, 3.05) is 5.32 Å². The Kier molecular flexibility index (Phi) is 4.29. The zero-order valence-corrected chi connectivity index (χ0v) is 15.4. The van der Waals surface area contributed by atoms with Gasteiger partial charge in [-0.3, -0.25) is 0 Å². The predicted molar refractivity (Wildman–Crippen MR) is 107 cm³/mol. The lowest BCUT2D eigenvalue weighted by Gasteiger charge is -2.10. The Labute approximate surface area is 159 Å². The summed E-state index contributed by atoms with van der Waals surface area (Å²) in [5.41, 5.74) is 3.84. The molecule has 0 saturated heterocycles. The van der Waals surface area contributed by atoms with Gasteiger partial charge in [-0.1, -0.05) is 41.9 Å². The first-order chi connectivity index (χ1) is 12.7. The number of nitrogens with zero attached hydrogens (tertiary/aromatic N) is 3. The SMILES string of the molecule is Cc1ccccc1Nc1ncnc2sc(C#N)c(-c3ccc(Cl)cc3)c12. The van der Waals surface area contributed by atoms with Gasteiger partial charge in [-0.2, -0.15) is 5.26 Å². The topological polar surface area (TPSA) is 61.6 Å². The first kappa shape index (κ1) is 16.5. The number of aromatic nitrogens is 2. The number of halogens is 1. The number of anilines is 2. The number of para-hydroxylation sites is 1. The normalized spacial score (nSPS) is 10.7. The second kappa shape index (κ2) is 6.75. The highest BCUT2D eigenvalue weighted by molar-refractivity contribution is 7.19. The molecule has 0 unspecified atom stereocenters. The van der Waals surface area contributed by atoms with Gasteiger partial charge in [0.1, 0.15) is 27.9 Å². The van der Waals surface area contributed by atoms with Crippen LogP contribution in [-0.2, 0) is 0 Å². The van der Waals surface area contributed by atoms with E-state index in [-0.39, 0.29) is 0 Å². The molecule has 0 bridgehead atoms. The molecule has 0 spiro atoms. The summed E-state index contributed by atoms with van der Waals surface area (Å²) < 4.78 is 0. The van der Waals surface area contributed by atoms with Gasteiger partial charge in [-0.15, -0.1) is 11.3 Å². The fourth-order valence-electron chi connectivity index (χ4n) is 2.84. The molecular weight excluding hydrogens is 364 g/mol. The van der Waals surface area contributed by atoms with E-state index in [1.165, 1.54) is 17.7 Å². The van der Waals surface area contributed by atoms with E-state index in [2.05, 4.69) is 21.4 Å². The molecule has 2 aromatic carbocycles. The van der Waals surface area contributed by atoms with Crippen molar-refractivity contribution in [2.45, 2.75) is 6.92 Å². The molecule has 4 rings (SSSR count). The van der Waals surface area contributed by atoms with Crippen LogP contribution in [0.5, 0.6) is 0 Å². The van der Waals surface area contributed by atoms with Crippen molar-refractivity contribution in [1.29, 1.82) is 5.26 Å². The van der Waals surface area contributed by atoms with Crippen LogP contribution in [0.4, 0.5) is 11.5 Å². The van der Waals surface area contributed by atoms with Gasteiger partial charge in [-0.25, -0.2) is 9.97 Å². The molecule has 2 aromatic heterocycles. The van der Waals surface area contributed by atoms with Gasteiger partial charge in [0.25, 0.3) is 0 Å². The van der Waals surface area contributed by atoms with E-state index in [1.807, 2.05) is 55.5 Å². The molecule has 0 aliphatic rings. The lowest BCUT2D eigenvalue weighted by atomic mass is 10.0. The molecule has 0 radical (unpaired) electrons. The maximum Gasteiger partial charge on any atom is 0.143 e. The molecule has 1 N–H and O–H groups in total. The van der Waals surface area contributed by atoms with Gasteiger partial charge in [0.15, 0.2) is 0 Å². The third kappa shape index (κ3) is 2.90. The molecule has 2 heterocycles. The standard InChI is InChI=1S/C20H13ClN4S/c1-12-4-2-3-5-15(12)25-19-18-17(13-6-8-14(21)9-7-13)16(10-22)26-20(18)24-11-23-19/h2-9,11H,1H3,(H,23,24,25). The molecule has 0 amide bonds. The number of fused-ring (bicyclic) bond motifs is 1. The predicted octanol–water partition coefficient (Wildman–Crippen LogP) is 5.94. The van der Waals surface area contributed by atoms with Crippen molar-refractivity contribution in [2.24, 2.45) is 0 Å². The van der Waals surface area contributed by atoms with Gasteiger partial charge in [0, 0.05) is 16.3 Å². The summed E-state index contributed by atoms with van der Waals surface area (Å²) in [6.07, 6.45) is 1.52. The Morgan fingerprint density at radius 1 is 1.08 bits per heavy atom. The van der Waals surface area contributed by atoms with Crippen LogP contribution < -0.4 is 5.32 Å². The van der Waals surface area contributed by atoms with Crippen LogP contribution in [-0.4, -0.2) is 9.97 Å². The molecule has 6 heteroatoms. The summed E-state index contributed by atoms with van der Waals surface area (Å²) in [6, 6.07) is 17.8. The molecule has 0 atom stereocenters. The lowest BCUT2D eigenvalue weighted by molar-refractivity contribution is 1.23. The third-order valence-corrected chi connectivity index (χ3v) is 5.38. The number of nitriles is 1. The Balaban J connectivity index is 1.95. The summed E-state index contributed by atoms with van der Waals surface area (Å²) in [5, 5.41) is 14.5. The number of hydrogen-bond acceptors (Lipinski definition) is 5. The minimum atomic E-state index is 0.607. The van der Waals surface area contributed by atoms with Gasteiger partial charge in [0.05, 0.1) is 5.39 Å². The Morgan fingerprint density at radius 3 is 2.58 bits per heavy atom. The largest absolute Gasteiger partial charge is 0.339 e. The van der Waals surface area contributed by atoms with Crippen molar-refractivity contribution in [1.82, 2.24) is 9.97 Å². The van der Waals surface area contributed by atoms with Crippen LogP contribution in [0.2, 0.25) is 5.02 Å². The molecule has 0 aliphatic heterocycles. The smallest absolute Gasteiger partial charge is 0.143 e. The van der Waals surface area contributed by atoms with Crippen LogP contribution in [0.1, 0.15) is 10.4 Å². The number of nitrogens with one attached hydrogen (secondary N) is 1. The molecule has 0 aliphatic carbocycles. The van der Waals surface area contributed by atoms with Crippen LogP contribution in [0.25, 0.3) is 21.3 Å². The van der Waals surface area contributed by atoms with Crippen LogP contribution in [0.3, 0.4) is 0 Å². The van der Waals surface area contributed by atoms with Crippen molar-refractivity contribution in [3.63, 3.8) is 0 Å². The van der Waals surface area contributed by atoms with E-state index >= 15 is 0 Å². The highest BCUT2D eigenvalue weighted by Gasteiger charge is 2.19. The van der Waals surface area contributed by atoms with E-state index in [0.717, 1.165) is 32.6 Å². The molecule has 0 fully saturated rings. The zero-order chi connectivity index (χ0) is 18.1. The first-order valence-corrected chi connectivity index (χ1v) is 9.13. The van der Waals surface area contributed by atoms with Gasteiger partial charge in [-0.05, 0) is 36.2 Å². The van der Waals surface area contributed by atoms with Crippen LogP contribution in [0.15, 0.2) is 54.9 Å². The van der Waals surface area contributed by atoms with E-state index in [0.29, 0.717) is 15.7 Å². The molecule has 0 saturated carbocycles. The van der Waals surface area contributed by atoms with Crippen molar-refractivity contribution >= 4 is 44.7 Å². The monoisotopic (exact) mass is 376 g/mol. The van der Waals surface area contributed by atoms with Crippen molar-refractivity contribution in [3.8, 4) is 17.2 Å². The van der Waals surface area contributed by atoms with Gasteiger partial charge in [0.2, 0.25) is 0 Å². The van der Waals surface area contributed by atoms with E-state index in [4.69, 9.17) is 11.6 Å². The summed E-state index contributed by atoms with van der Waals surface area (Å²) in [4.78, 5) is 10.2. The maximum absolute atomic E-state index is 9.63. The fourth-order valence-corrected chi connectivity index (χ4v) is 3.93. The van der Waals surface area contributed by atoms with Crippen molar-refractivity contribution < 1.29 is 0 Å². The third-order valence-electron chi connectivity index (χ3n) is 4.12. The Morgan fingerprint density at radius 2 is 1.85 bits per heavy atom. The molecule has 126 valence electrons. The first-order valence-electron chi connectivity index (χ1n) is 7.93. The second-order valence-corrected chi connectivity index (χ2v) is 7.20. The molecular formula is C20H13ClN4S. The molecule has 4 aromatic rings. The zero-order valence-electron chi connectivity index (χ0n) is 13.8. The summed E-state index contributed by atoms with van der Waals surface area (Å²) in [5.74, 6) is 0.687. The Bertz CT molecular complexity index is 1140. The lowest BCUT2D eigenvalue weighted by Crippen LogP contribution is -1.97. The van der Waals surface area contributed by atoms with E-state index in [9.17, 15) is 5.26 Å².